The van der Waals surface area contributed by atoms with Crippen LogP contribution in [0.3, 0.4) is 0 Å². The van der Waals surface area contributed by atoms with Gasteiger partial charge in [0.15, 0.2) is 11.6 Å². The molecule has 0 saturated heterocycles. The second-order valence-electron chi connectivity index (χ2n) is 3.92. The molecule has 100 valence electrons. The van der Waals surface area contributed by atoms with Crippen molar-refractivity contribution < 1.29 is 18.6 Å². The number of aliphatic hydroxyl groups excluding tert-OH is 1. The summed E-state index contributed by atoms with van der Waals surface area (Å²) in [4.78, 5) is 0. The lowest BCUT2D eigenvalue weighted by Gasteiger charge is -2.11. The standard InChI is InChI=1S/C14H11ClF2O2/c15-11-5-4-9(6-13(11)17)8-19-14-10(7-18)2-1-3-12(14)16/h1-6,18H,7-8H2. The summed E-state index contributed by atoms with van der Waals surface area (Å²) in [5.41, 5.74) is 0.864. The van der Waals surface area contributed by atoms with E-state index in [1.165, 1.54) is 24.3 Å². The molecule has 0 unspecified atom stereocenters. The van der Waals surface area contributed by atoms with Crippen molar-refractivity contribution in [2.75, 3.05) is 0 Å². The number of halogens is 3. The van der Waals surface area contributed by atoms with E-state index in [2.05, 4.69) is 0 Å². The van der Waals surface area contributed by atoms with E-state index < -0.39 is 11.6 Å². The van der Waals surface area contributed by atoms with Crippen molar-refractivity contribution >= 4 is 11.6 Å². The fourth-order valence-corrected chi connectivity index (χ4v) is 1.74. The molecule has 0 aliphatic rings. The van der Waals surface area contributed by atoms with Gasteiger partial charge in [0.25, 0.3) is 0 Å². The van der Waals surface area contributed by atoms with Crippen LogP contribution in [0.15, 0.2) is 36.4 Å². The minimum absolute atomic E-state index is 0.0119. The molecule has 0 radical (unpaired) electrons. The van der Waals surface area contributed by atoms with Crippen LogP contribution in [0.4, 0.5) is 8.78 Å². The van der Waals surface area contributed by atoms with Crippen LogP contribution in [-0.2, 0) is 13.2 Å². The van der Waals surface area contributed by atoms with Gasteiger partial charge in [0, 0.05) is 5.56 Å². The van der Waals surface area contributed by atoms with Gasteiger partial charge < -0.3 is 9.84 Å². The van der Waals surface area contributed by atoms with E-state index in [-0.39, 0.29) is 24.0 Å². The third-order valence-corrected chi connectivity index (χ3v) is 2.89. The molecule has 0 amide bonds. The summed E-state index contributed by atoms with van der Waals surface area (Å²) < 4.78 is 32.1. The highest BCUT2D eigenvalue weighted by atomic mass is 35.5. The van der Waals surface area contributed by atoms with Crippen molar-refractivity contribution in [2.45, 2.75) is 13.2 Å². The lowest BCUT2D eigenvalue weighted by Crippen LogP contribution is -2.01. The molecule has 19 heavy (non-hydrogen) atoms. The molecule has 0 atom stereocenters. The van der Waals surface area contributed by atoms with Crippen molar-refractivity contribution in [3.63, 3.8) is 0 Å². The Labute approximate surface area is 114 Å². The smallest absolute Gasteiger partial charge is 0.165 e. The molecule has 2 rings (SSSR count). The number of para-hydroxylation sites is 1. The SMILES string of the molecule is OCc1cccc(F)c1OCc1ccc(Cl)c(F)c1. The number of ether oxygens (including phenoxy) is 1. The molecule has 0 heterocycles. The third kappa shape index (κ3) is 3.22. The van der Waals surface area contributed by atoms with Crippen LogP contribution in [0.2, 0.25) is 5.02 Å². The van der Waals surface area contributed by atoms with Crippen LogP contribution in [0.25, 0.3) is 0 Å². The molecular formula is C14H11ClF2O2. The fraction of sp³-hybridized carbons (Fsp3) is 0.143. The van der Waals surface area contributed by atoms with E-state index in [9.17, 15) is 8.78 Å². The summed E-state index contributed by atoms with van der Waals surface area (Å²) in [5, 5.41) is 9.12. The molecule has 0 aliphatic carbocycles. The van der Waals surface area contributed by atoms with Crippen molar-refractivity contribution in [1.82, 2.24) is 0 Å². The average molecular weight is 285 g/mol. The summed E-state index contributed by atoms with van der Waals surface area (Å²) in [7, 11) is 0. The first-order valence-electron chi connectivity index (χ1n) is 5.57. The molecule has 0 fully saturated rings. The van der Waals surface area contributed by atoms with E-state index in [0.717, 1.165) is 0 Å². The summed E-state index contributed by atoms with van der Waals surface area (Å²) in [5.74, 6) is -1.15. The quantitative estimate of drug-likeness (QED) is 0.928. The van der Waals surface area contributed by atoms with Gasteiger partial charge in [-0.05, 0) is 23.8 Å². The number of aliphatic hydroxyl groups is 1. The number of benzene rings is 2. The molecule has 2 aromatic rings. The summed E-state index contributed by atoms with van der Waals surface area (Å²) in [6, 6.07) is 8.49. The van der Waals surface area contributed by atoms with Gasteiger partial charge in [-0.15, -0.1) is 0 Å². The number of hydrogen-bond donors (Lipinski definition) is 1. The third-order valence-electron chi connectivity index (χ3n) is 2.59. The Bertz CT molecular complexity index is 588. The predicted molar refractivity (Wildman–Crippen MR) is 68.1 cm³/mol. The molecule has 0 aromatic heterocycles. The lowest BCUT2D eigenvalue weighted by molar-refractivity contribution is 0.251. The highest BCUT2D eigenvalue weighted by Gasteiger charge is 2.10. The zero-order valence-corrected chi connectivity index (χ0v) is 10.6. The van der Waals surface area contributed by atoms with E-state index in [1.54, 1.807) is 12.1 Å². The first-order chi connectivity index (χ1) is 9.11. The maximum Gasteiger partial charge on any atom is 0.165 e. The Kier molecular flexibility index (Phi) is 4.35. The van der Waals surface area contributed by atoms with Crippen LogP contribution < -0.4 is 4.74 Å². The van der Waals surface area contributed by atoms with Gasteiger partial charge in [-0.3, -0.25) is 0 Å². The molecule has 1 N–H and O–H groups in total. The molecule has 5 heteroatoms. The average Bonchev–Trinajstić information content (AvgIpc) is 2.41. The van der Waals surface area contributed by atoms with E-state index in [0.29, 0.717) is 11.1 Å². The Hall–Kier alpha value is -1.65. The topological polar surface area (TPSA) is 29.5 Å². The number of hydrogen-bond acceptors (Lipinski definition) is 2. The van der Waals surface area contributed by atoms with Crippen molar-refractivity contribution in [3.05, 3.63) is 64.2 Å². The van der Waals surface area contributed by atoms with Gasteiger partial charge >= 0.3 is 0 Å². The summed E-state index contributed by atoms with van der Waals surface area (Å²) in [6.07, 6.45) is 0. The van der Waals surface area contributed by atoms with E-state index >= 15 is 0 Å². The van der Waals surface area contributed by atoms with Crippen LogP contribution >= 0.6 is 11.6 Å². The monoisotopic (exact) mass is 284 g/mol. The highest BCUT2D eigenvalue weighted by molar-refractivity contribution is 6.30. The summed E-state index contributed by atoms with van der Waals surface area (Å²) in [6.45, 7) is -0.343. The Balaban J connectivity index is 2.16. The van der Waals surface area contributed by atoms with Gasteiger partial charge in [-0.25, -0.2) is 8.78 Å². The highest BCUT2D eigenvalue weighted by Crippen LogP contribution is 2.24. The van der Waals surface area contributed by atoms with Crippen molar-refractivity contribution in [3.8, 4) is 5.75 Å². The molecule has 0 spiro atoms. The van der Waals surface area contributed by atoms with Gasteiger partial charge in [0.2, 0.25) is 0 Å². The Morgan fingerprint density at radius 3 is 2.58 bits per heavy atom. The second-order valence-corrected chi connectivity index (χ2v) is 4.33. The molecule has 0 saturated carbocycles. The van der Waals surface area contributed by atoms with Gasteiger partial charge in [-0.1, -0.05) is 29.8 Å². The van der Waals surface area contributed by atoms with Gasteiger partial charge in [0.05, 0.1) is 11.6 Å². The Morgan fingerprint density at radius 2 is 1.89 bits per heavy atom. The van der Waals surface area contributed by atoms with Crippen LogP contribution in [0, 0.1) is 11.6 Å². The molecule has 0 bridgehead atoms. The predicted octanol–water partition coefficient (Wildman–Crippen LogP) is 3.69. The van der Waals surface area contributed by atoms with Crippen LogP contribution in [0.5, 0.6) is 5.75 Å². The maximum absolute atomic E-state index is 13.6. The minimum Gasteiger partial charge on any atom is -0.485 e. The molecular weight excluding hydrogens is 274 g/mol. The maximum atomic E-state index is 13.6. The first kappa shape index (κ1) is 13.8. The van der Waals surface area contributed by atoms with Crippen molar-refractivity contribution in [2.24, 2.45) is 0 Å². The lowest BCUT2D eigenvalue weighted by atomic mass is 10.2. The zero-order valence-electron chi connectivity index (χ0n) is 9.87. The largest absolute Gasteiger partial charge is 0.485 e. The van der Waals surface area contributed by atoms with Gasteiger partial charge in [-0.2, -0.15) is 0 Å². The first-order valence-corrected chi connectivity index (χ1v) is 5.94. The normalized spacial score (nSPS) is 10.5. The van der Waals surface area contributed by atoms with E-state index in [4.69, 9.17) is 21.4 Å². The number of rotatable bonds is 4. The molecule has 2 aromatic carbocycles. The van der Waals surface area contributed by atoms with E-state index in [1.807, 2.05) is 0 Å². The zero-order chi connectivity index (χ0) is 13.8. The summed E-state index contributed by atoms with van der Waals surface area (Å²) >= 11 is 5.56. The minimum atomic E-state index is -0.569. The molecule has 2 nitrogen and oxygen atoms in total. The second kappa shape index (κ2) is 5.99. The van der Waals surface area contributed by atoms with Crippen LogP contribution in [0.1, 0.15) is 11.1 Å². The fourth-order valence-electron chi connectivity index (χ4n) is 1.62. The Morgan fingerprint density at radius 1 is 1.11 bits per heavy atom. The van der Waals surface area contributed by atoms with Crippen molar-refractivity contribution in [1.29, 1.82) is 0 Å². The van der Waals surface area contributed by atoms with Gasteiger partial charge in [0.1, 0.15) is 12.4 Å². The van der Waals surface area contributed by atoms with Crippen LogP contribution in [-0.4, -0.2) is 5.11 Å². The molecule has 0 aliphatic heterocycles.